The number of aromatic nitrogens is 1. The van der Waals surface area contributed by atoms with Crippen LogP contribution in [0.3, 0.4) is 0 Å². The second kappa shape index (κ2) is 8.19. The summed E-state index contributed by atoms with van der Waals surface area (Å²) in [5, 5.41) is 3.07. The van der Waals surface area contributed by atoms with Crippen LogP contribution in [-0.4, -0.2) is 24.2 Å². The molecule has 0 aliphatic rings. The van der Waals surface area contributed by atoms with Crippen LogP contribution in [0.4, 0.5) is 0 Å². The van der Waals surface area contributed by atoms with Crippen LogP contribution in [0.25, 0.3) is 6.08 Å². The van der Waals surface area contributed by atoms with Gasteiger partial charge in [0.05, 0.1) is 11.7 Å². The van der Waals surface area contributed by atoms with Crippen molar-refractivity contribution in [3.8, 4) is 0 Å². The number of nitrogens with zero attached hydrogens (tertiary/aromatic N) is 2. The predicted molar refractivity (Wildman–Crippen MR) is 79.2 cm³/mol. The molecule has 1 N–H and O–H groups in total. The molecule has 0 saturated heterocycles. The van der Waals surface area contributed by atoms with Gasteiger partial charge in [-0.1, -0.05) is 25.5 Å². The number of hydrogen-bond donors (Lipinski definition) is 1. The number of allylic oxidation sites excluding steroid dienone is 1. The van der Waals surface area contributed by atoms with E-state index in [9.17, 15) is 4.79 Å². The summed E-state index contributed by atoms with van der Waals surface area (Å²) in [5.74, 6) is 0.347. The Labute approximate surface area is 114 Å². The van der Waals surface area contributed by atoms with Crippen molar-refractivity contribution < 1.29 is 4.79 Å². The molecule has 0 aliphatic carbocycles. The van der Waals surface area contributed by atoms with Gasteiger partial charge >= 0.3 is 0 Å². The first-order valence-corrected chi connectivity index (χ1v) is 6.52. The molecule has 0 spiro atoms. The summed E-state index contributed by atoms with van der Waals surface area (Å²) < 4.78 is 0. The first-order chi connectivity index (χ1) is 9.22. The van der Waals surface area contributed by atoms with Crippen molar-refractivity contribution in [2.75, 3.05) is 7.05 Å². The summed E-state index contributed by atoms with van der Waals surface area (Å²) in [7, 11) is 1.59. The lowest BCUT2D eigenvalue weighted by Crippen LogP contribution is -2.28. The molecule has 102 valence electrons. The van der Waals surface area contributed by atoms with Crippen molar-refractivity contribution >= 4 is 18.2 Å². The summed E-state index contributed by atoms with van der Waals surface area (Å²) in [5.41, 5.74) is 1.98. The third-order valence-electron chi connectivity index (χ3n) is 2.79. The van der Waals surface area contributed by atoms with Crippen molar-refractivity contribution in [3.05, 3.63) is 35.7 Å². The maximum atomic E-state index is 10.8. The van der Waals surface area contributed by atoms with Crippen LogP contribution in [0.5, 0.6) is 0 Å². The zero-order chi connectivity index (χ0) is 14.1. The van der Waals surface area contributed by atoms with Gasteiger partial charge in [0.15, 0.2) is 12.1 Å². The van der Waals surface area contributed by atoms with Gasteiger partial charge in [-0.05, 0) is 31.1 Å². The average molecular weight is 259 g/mol. The van der Waals surface area contributed by atoms with Crippen molar-refractivity contribution in [2.24, 2.45) is 4.99 Å². The zero-order valence-electron chi connectivity index (χ0n) is 11.8. The second-order valence-corrected chi connectivity index (χ2v) is 4.26. The summed E-state index contributed by atoms with van der Waals surface area (Å²) in [6, 6.07) is 3.89. The number of amidine groups is 1. The minimum atomic E-state index is -0.0149. The molecule has 0 bridgehead atoms. The van der Waals surface area contributed by atoms with Crippen LogP contribution < -0.4 is 5.32 Å². The molecular weight excluding hydrogens is 238 g/mol. The Hall–Kier alpha value is -1.97. The molecule has 1 heterocycles. The fraction of sp³-hybridized carbons (Fsp3) is 0.400. The molecule has 1 aromatic rings. The summed E-state index contributed by atoms with van der Waals surface area (Å²) in [6.07, 6.45) is 8.79. The summed E-state index contributed by atoms with van der Waals surface area (Å²) in [6.45, 7) is 4.13. The van der Waals surface area contributed by atoms with E-state index in [-0.39, 0.29) is 6.04 Å². The molecule has 0 aromatic carbocycles. The minimum absolute atomic E-state index is 0.0149. The molecule has 0 saturated carbocycles. The Morgan fingerprint density at radius 3 is 3.00 bits per heavy atom. The van der Waals surface area contributed by atoms with Gasteiger partial charge < -0.3 is 5.32 Å². The third-order valence-corrected chi connectivity index (χ3v) is 2.79. The second-order valence-electron chi connectivity index (χ2n) is 4.26. The lowest BCUT2D eigenvalue weighted by molar-refractivity contribution is -0.102. The molecular formula is C15H21N3O. The molecule has 1 unspecified atom stereocenters. The van der Waals surface area contributed by atoms with Crippen LogP contribution in [0.15, 0.2) is 29.4 Å². The number of nitrogens with one attached hydrogen (secondary N) is 1. The van der Waals surface area contributed by atoms with Gasteiger partial charge in [-0.3, -0.25) is 14.8 Å². The Bertz CT molecular complexity index is 466. The van der Waals surface area contributed by atoms with Crippen molar-refractivity contribution in [1.82, 2.24) is 10.3 Å². The predicted octanol–water partition coefficient (Wildman–Crippen LogP) is 2.77. The van der Waals surface area contributed by atoms with Gasteiger partial charge in [0.1, 0.15) is 0 Å². The van der Waals surface area contributed by atoms with E-state index in [0.29, 0.717) is 5.84 Å². The molecule has 0 amide bonds. The molecule has 4 heteroatoms. The Morgan fingerprint density at radius 2 is 2.37 bits per heavy atom. The van der Waals surface area contributed by atoms with Gasteiger partial charge in [0.25, 0.3) is 0 Å². The largest absolute Gasteiger partial charge is 0.361 e. The molecule has 0 fully saturated rings. The number of rotatable bonds is 6. The van der Waals surface area contributed by atoms with Crippen molar-refractivity contribution in [2.45, 2.75) is 32.7 Å². The van der Waals surface area contributed by atoms with Crippen LogP contribution in [0, 0.1) is 0 Å². The Balaban J connectivity index is 2.90. The van der Waals surface area contributed by atoms with Crippen LogP contribution in [0.1, 0.15) is 44.0 Å². The van der Waals surface area contributed by atoms with E-state index < -0.39 is 0 Å². The van der Waals surface area contributed by atoms with Gasteiger partial charge in [0.2, 0.25) is 0 Å². The fourth-order valence-electron chi connectivity index (χ4n) is 1.75. The van der Waals surface area contributed by atoms with Gasteiger partial charge in [-0.2, -0.15) is 0 Å². The Kier molecular flexibility index (Phi) is 6.50. The molecule has 1 atom stereocenters. The lowest BCUT2D eigenvalue weighted by atomic mass is 10.1. The number of hydrogen-bond acceptors (Lipinski definition) is 3. The van der Waals surface area contributed by atoms with Crippen molar-refractivity contribution in [3.63, 3.8) is 0 Å². The maximum absolute atomic E-state index is 10.8. The van der Waals surface area contributed by atoms with Gasteiger partial charge in [0, 0.05) is 13.2 Å². The van der Waals surface area contributed by atoms with Crippen molar-refractivity contribution in [1.29, 1.82) is 0 Å². The third kappa shape index (κ3) is 4.66. The van der Waals surface area contributed by atoms with Gasteiger partial charge in [-0.15, -0.1) is 0 Å². The highest BCUT2D eigenvalue weighted by atomic mass is 16.1. The van der Waals surface area contributed by atoms with Gasteiger partial charge in [-0.25, -0.2) is 0 Å². The standard InChI is InChI=1S/C15H21N3O/c1-4-5-6-9-14-13(8-7-10-17-14)12(2)18-15(11-19)16-3/h6-12H,4-5H2,1-3H3,(H,16,18)/b9-6-. The molecule has 19 heavy (non-hydrogen) atoms. The molecule has 1 aromatic heterocycles. The van der Waals surface area contributed by atoms with Crippen LogP contribution in [-0.2, 0) is 4.79 Å². The topological polar surface area (TPSA) is 54.4 Å². The molecule has 0 aliphatic heterocycles. The number of aliphatic imine (C=N–C) groups is 1. The normalized spacial score (nSPS) is 13.5. The highest BCUT2D eigenvalue weighted by Gasteiger charge is 2.10. The van der Waals surface area contributed by atoms with E-state index >= 15 is 0 Å². The average Bonchev–Trinajstić information content (AvgIpc) is 2.45. The highest BCUT2D eigenvalue weighted by Crippen LogP contribution is 2.17. The van der Waals surface area contributed by atoms with E-state index in [1.54, 1.807) is 13.2 Å². The monoisotopic (exact) mass is 259 g/mol. The SMILES string of the molecule is CCC/C=C\c1ncccc1C(C)NC(C=O)=NC. The number of carbonyl (C=O) groups is 1. The first-order valence-electron chi connectivity index (χ1n) is 6.52. The number of unbranched alkanes of at least 4 members (excludes halogenated alkanes) is 1. The number of aldehydes is 1. The van der Waals surface area contributed by atoms with E-state index in [1.165, 1.54) is 0 Å². The zero-order valence-corrected chi connectivity index (χ0v) is 11.8. The van der Waals surface area contributed by atoms with E-state index in [0.717, 1.165) is 30.4 Å². The van der Waals surface area contributed by atoms with E-state index in [4.69, 9.17) is 0 Å². The fourth-order valence-corrected chi connectivity index (χ4v) is 1.75. The first kappa shape index (κ1) is 15.1. The highest BCUT2D eigenvalue weighted by molar-refractivity contribution is 6.27. The lowest BCUT2D eigenvalue weighted by Gasteiger charge is -2.16. The van der Waals surface area contributed by atoms with Crippen LogP contribution >= 0.6 is 0 Å². The quantitative estimate of drug-likeness (QED) is 0.485. The number of carbonyl (C=O) groups excluding carboxylic acids is 1. The summed E-state index contributed by atoms with van der Waals surface area (Å²) in [4.78, 5) is 19.0. The molecule has 4 nitrogen and oxygen atoms in total. The van der Waals surface area contributed by atoms with Crippen LogP contribution in [0.2, 0.25) is 0 Å². The number of pyridine rings is 1. The smallest absolute Gasteiger partial charge is 0.184 e. The summed E-state index contributed by atoms with van der Waals surface area (Å²) >= 11 is 0. The minimum Gasteiger partial charge on any atom is -0.361 e. The molecule has 0 radical (unpaired) electrons. The Morgan fingerprint density at radius 1 is 1.58 bits per heavy atom. The van der Waals surface area contributed by atoms with E-state index in [2.05, 4.69) is 28.3 Å². The van der Waals surface area contributed by atoms with E-state index in [1.807, 2.05) is 25.1 Å². The molecule has 1 rings (SSSR count). The maximum Gasteiger partial charge on any atom is 0.184 e.